The van der Waals surface area contributed by atoms with Crippen LogP contribution in [0.5, 0.6) is 0 Å². The van der Waals surface area contributed by atoms with E-state index in [1.165, 1.54) is 0 Å². The van der Waals surface area contributed by atoms with Gasteiger partial charge in [-0.1, -0.05) is 169 Å². The maximum atomic E-state index is 7.08. The highest BCUT2D eigenvalue weighted by molar-refractivity contribution is 6.34. The van der Waals surface area contributed by atoms with Crippen LogP contribution in [0.25, 0.3) is 56.2 Å². The zero-order chi connectivity index (χ0) is 32.1. The lowest BCUT2D eigenvalue weighted by Gasteiger charge is -2.34. The zero-order valence-corrected chi connectivity index (χ0v) is 26.5. The van der Waals surface area contributed by atoms with Crippen molar-refractivity contribution < 1.29 is 0 Å². The first-order valence-corrected chi connectivity index (χ1v) is 16.3. The molecule has 5 heteroatoms. The average molecular weight is 635 g/mol. The van der Waals surface area contributed by atoms with Gasteiger partial charge in [-0.15, -0.1) is 0 Å². The van der Waals surface area contributed by atoms with Crippen LogP contribution in [0.4, 0.5) is 0 Å². The Hall–Kier alpha value is -5.97. The molecule has 0 fully saturated rings. The Kier molecular flexibility index (Phi) is 6.70. The first-order chi connectivity index (χ1) is 23.7. The van der Waals surface area contributed by atoms with Crippen molar-refractivity contribution in [1.82, 2.24) is 19.9 Å². The molecule has 0 N–H and O–H groups in total. The second-order valence-corrected chi connectivity index (χ2v) is 12.3. The molecular weight excluding hydrogens is 608 g/mol. The normalized spacial score (nSPS) is 14.9. The van der Waals surface area contributed by atoms with E-state index in [0.717, 1.165) is 61.6 Å². The molecule has 0 bridgehead atoms. The molecule has 226 valence electrons. The molecule has 0 saturated carbocycles. The fraction of sp³-hybridized carbons (Fsp3) is 0.0233. The van der Waals surface area contributed by atoms with E-state index in [2.05, 4.69) is 78.9 Å². The zero-order valence-electron chi connectivity index (χ0n) is 25.8. The summed E-state index contributed by atoms with van der Waals surface area (Å²) < 4.78 is 0. The molecule has 0 amide bonds. The quantitative estimate of drug-likeness (QED) is 0.189. The van der Waals surface area contributed by atoms with Crippen molar-refractivity contribution in [2.75, 3.05) is 0 Å². The van der Waals surface area contributed by atoms with Gasteiger partial charge in [-0.3, -0.25) is 0 Å². The smallest absolute Gasteiger partial charge is 0.183 e. The first kappa shape index (κ1) is 28.3. The van der Waals surface area contributed by atoms with E-state index >= 15 is 0 Å². The van der Waals surface area contributed by atoms with Gasteiger partial charge in [0.05, 0.1) is 16.8 Å². The van der Waals surface area contributed by atoms with Gasteiger partial charge < -0.3 is 0 Å². The third-order valence-electron chi connectivity index (χ3n) is 9.24. The Morgan fingerprint density at radius 2 is 1.00 bits per heavy atom. The molecule has 0 spiro atoms. The molecule has 48 heavy (non-hydrogen) atoms. The number of aromatic nitrogens is 4. The minimum Gasteiger partial charge on any atom is -0.243 e. The molecule has 2 aromatic heterocycles. The molecule has 0 saturated heterocycles. The van der Waals surface area contributed by atoms with Crippen LogP contribution >= 0.6 is 11.6 Å². The fourth-order valence-electron chi connectivity index (χ4n) is 7.19. The molecule has 6 aromatic carbocycles. The molecule has 1 atom stereocenters. The maximum Gasteiger partial charge on any atom is 0.183 e. The van der Waals surface area contributed by atoms with Crippen LogP contribution in [0.2, 0.25) is 5.02 Å². The van der Waals surface area contributed by atoms with Crippen LogP contribution < -0.4 is 0 Å². The van der Waals surface area contributed by atoms with Crippen LogP contribution in [-0.4, -0.2) is 19.9 Å². The Morgan fingerprint density at radius 1 is 0.438 bits per heavy atom. The summed E-state index contributed by atoms with van der Waals surface area (Å²) in [6.07, 6.45) is 0. The van der Waals surface area contributed by atoms with E-state index in [0.29, 0.717) is 22.0 Å². The Balaban J connectivity index is 1.48. The van der Waals surface area contributed by atoms with E-state index in [-0.39, 0.29) is 0 Å². The van der Waals surface area contributed by atoms with Gasteiger partial charge in [0.15, 0.2) is 11.5 Å². The molecule has 8 aromatic rings. The third-order valence-corrected chi connectivity index (χ3v) is 9.55. The highest BCUT2D eigenvalue weighted by Crippen LogP contribution is 2.58. The van der Waals surface area contributed by atoms with E-state index in [4.69, 9.17) is 31.5 Å². The van der Waals surface area contributed by atoms with Gasteiger partial charge >= 0.3 is 0 Å². The van der Waals surface area contributed by atoms with Gasteiger partial charge in [-0.05, 0) is 28.3 Å². The van der Waals surface area contributed by atoms with Crippen molar-refractivity contribution in [2.45, 2.75) is 5.41 Å². The van der Waals surface area contributed by atoms with Gasteiger partial charge in [-0.25, -0.2) is 19.9 Å². The standard InChI is InChI=1S/C43H27ClN4/c44-35-27-15-26-34-36(35)32-24-13-14-25-33(32)43(34,31-22-11-4-12-23-31)40-38(29-18-7-2-8-19-29)47-42-39(45-40)37(28-16-5-1-6-17-28)46-41(48-42)30-20-9-3-10-21-30/h1-27H. The summed E-state index contributed by atoms with van der Waals surface area (Å²) in [5, 5.41) is 0.702. The van der Waals surface area contributed by atoms with Crippen molar-refractivity contribution in [1.29, 1.82) is 0 Å². The number of hydrogen-bond acceptors (Lipinski definition) is 4. The van der Waals surface area contributed by atoms with E-state index in [1.807, 2.05) is 84.9 Å². The number of halogens is 1. The average Bonchev–Trinajstić information content (AvgIpc) is 3.47. The predicted octanol–water partition coefficient (Wildman–Crippen LogP) is 10.4. The SMILES string of the molecule is Clc1cccc2c1-c1ccccc1C2(c1ccccc1)c1nc2c(-c3ccccc3)nc(-c3ccccc3)nc2nc1-c1ccccc1. The van der Waals surface area contributed by atoms with Gasteiger partial charge in [0.25, 0.3) is 0 Å². The summed E-state index contributed by atoms with van der Waals surface area (Å²) >= 11 is 7.08. The van der Waals surface area contributed by atoms with Crippen LogP contribution in [0, 0.1) is 0 Å². The number of rotatable bonds is 5. The van der Waals surface area contributed by atoms with E-state index < -0.39 is 5.41 Å². The summed E-state index contributed by atoms with van der Waals surface area (Å²) in [5.74, 6) is 0.601. The molecule has 9 rings (SSSR count). The second kappa shape index (κ2) is 11.4. The van der Waals surface area contributed by atoms with Gasteiger partial charge in [0.1, 0.15) is 11.2 Å². The number of benzene rings is 6. The highest BCUT2D eigenvalue weighted by Gasteiger charge is 2.49. The topological polar surface area (TPSA) is 51.6 Å². The Morgan fingerprint density at radius 3 is 1.69 bits per heavy atom. The monoisotopic (exact) mass is 634 g/mol. The van der Waals surface area contributed by atoms with Gasteiger partial charge in [-0.2, -0.15) is 0 Å². The molecule has 1 aliphatic carbocycles. The predicted molar refractivity (Wildman–Crippen MR) is 194 cm³/mol. The summed E-state index contributed by atoms with van der Waals surface area (Å²) in [5.41, 5.74) is 10.8. The lowest BCUT2D eigenvalue weighted by atomic mass is 9.69. The van der Waals surface area contributed by atoms with Crippen LogP contribution in [0.1, 0.15) is 22.4 Å². The maximum absolute atomic E-state index is 7.08. The number of hydrogen-bond donors (Lipinski definition) is 0. The lowest BCUT2D eigenvalue weighted by molar-refractivity contribution is 0.736. The second-order valence-electron chi connectivity index (χ2n) is 11.9. The lowest BCUT2D eigenvalue weighted by Crippen LogP contribution is -2.31. The van der Waals surface area contributed by atoms with Crippen LogP contribution in [0.3, 0.4) is 0 Å². The molecule has 0 radical (unpaired) electrons. The summed E-state index contributed by atoms with van der Waals surface area (Å²) in [6.45, 7) is 0. The molecule has 0 aliphatic heterocycles. The van der Waals surface area contributed by atoms with Crippen LogP contribution in [-0.2, 0) is 5.41 Å². The Labute approximate surface area is 283 Å². The highest BCUT2D eigenvalue weighted by atomic mass is 35.5. The number of fused-ring (bicyclic) bond motifs is 4. The van der Waals surface area contributed by atoms with Crippen molar-refractivity contribution in [2.24, 2.45) is 0 Å². The van der Waals surface area contributed by atoms with Crippen molar-refractivity contribution in [3.05, 3.63) is 191 Å². The summed E-state index contributed by atoms with van der Waals surface area (Å²) in [4.78, 5) is 21.4. The Bertz CT molecular complexity index is 2450. The summed E-state index contributed by atoms with van der Waals surface area (Å²) in [6, 6.07) is 55.8. The first-order valence-electron chi connectivity index (χ1n) is 15.9. The fourth-order valence-corrected chi connectivity index (χ4v) is 7.47. The van der Waals surface area contributed by atoms with Crippen molar-refractivity contribution in [3.63, 3.8) is 0 Å². The molecular formula is C43H27ClN4. The van der Waals surface area contributed by atoms with Crippen LogP contribution in [0.15, 0.2) is 164 Å². The largest absolute Gasteiger partial charge is 0.243 e. The van der Waals surface area contributed by atoms with Gasteiger partial charge in [0, 0.05) is 27.3 Å². The molecule has 2 heterocycles. The summed E-state index contributed by atoms with van der Waals surface area (Å²) in [7, 11) is 0. The van der Waals surface area contributed by atoms with E-state index in [1.54, 1.807) is 0 Å². The molecule has 4 nitrogen and oxygen atoms in total. The van der Waals surface area contributed by atoms with Crippen molar-refractivity contribution >= 4 is 22.8 Å². The molecule has 1 aliphatic rings. The minimum absolute atomic E-state index is 0.533. The molecule has 1 unspecified atom stereocenters. The van der Waals surface area contributed by atoms with Crippen molar-refractivity contribution in [3.8, 4) is 45.0 Å². The van der Waals surface area contributed by atoms with E-state index in [9.17, 15) is 0 Å². The minimum atomic E-state index is -0.837. The van der Waals surface area contributed by atoms with Gasteiger partial charge in [0.2, 0.25) is 0 Å². The third kappa shape index (κ3) is 4.30. The number of nitrogens with zero attached hydrogens (tertiary/aromatic N) is 4.